The molecule has 1 fully saturated rings. The van der Waals surface area contributed by atoms with Crippen molar-refractivity contribution in [2.45, 2.75) is 38.6 Å². The standard InChI is InChI=1S/C12H24N2O2/c1-3-14-9-4-6-11(14)10-13(2)8-5-7-12(15)16/h11H,3-10H2,1-2H3,(H,15,16). The lowest BCUT2D eigenvalue weighted by atomic mass is 10.2. The van der Waals surface area contributed by atoms with E-state index >= 15 is 0 Å². The van der Waals surface area contributed by atoms with Gasteiger partial charge in [0.05, 0.1) is 0 Å². The highest BCUT2D eigenvalue weighted by Gasteiger charge is 2.23. The molecule has 4 heteroatoms. The van der Waals surface area contributed by atoms with Gasteiger partial charge in [0, 0.05) is 19.0 Å². The van der Waals surface area contributed by atoms with Crippen molar-refractivity contribution >= 4 is 5.97 Å². The molecule has 0 amide bonds. The van der Waals surface area contributed by atoms with Gasteiger partial charge < -0.3 is 10.0 Å². The Morgan fingerprint density at radius 2 is 2.31 bits per heavy atom. The van der Waals surface area contributed by atoms with Crippen LogP contribution in [0.3, 0.4) is 0 Å². The van der Waals surface area contributed by atoms with Crippen LogP contribution in [0.25, 0.3) is 0 Å². The zero-order chi connectivity index (χ0) is 12.0. The number of aliphatic carboxylic acids is 1. The molecule has 1 saturated heterocycles. The Kier molecular flexibility index (Phi) is 5.77. The fraction of sp³-hybridized carbons (Fsp3) is 0.917. The monoisotopic (exact) mass is 228 g/mol. The van der Waals surface area contributed by atoms with Crippen LogP contribution in [0.4, 0.5) is 0 Å². The minimum atomic E-state index is -0.690. The molecule has 1 heterocycles. The summed E-state index contributed by atoms with van der Waals surface area (Å²) in [6.07, 6.45) is 3.63. The smallest absolute Gasteiger partial charge is 0.303 e. The largest absolute Gasteiger partial charge is 0.481 e. The molecule has 1 rings (SSSR count). The van der Waals surface area contributed by atoms with Crippen molar-refractivity contribution in [2.24, 2.45) is 0 Å². The summed E-state index contributed by atoms with van der Waals surface area (Å²) in [6, 6.07) is 0.680. The molecule has 1 unspecified atom stereocenters. The lowest BCUT2D eigenvalue weighted by Gasteiger charge is -2.27. The van der Waals surface area contributed by atoms with Crippen LogP contribution in [0.5, 0.6) is 0 Å². The van der Waals surface area contributed by atoms with Gasteiger partial charge in [-0.1, -0.05) is 6.92 Å². The number of hydrogen-bond acceptors (Lipinski definition) is 3. The lowest BCUT2D eigenvalue weighted by molar-refractivity contribution is -0.137. The number of nitrogens with zero attached hydrogens (tertiary/aromatic N) is 2. The van der Waals surface area contributed by atoms with E-state index in [0.29, 0.717) is 6.04 Å². The van der Waals surface area contributed by atoms with Gasteiger partial charge in [-0.3, -0.25) is 9.69 Å². The second-order valence-corrected chi connectivity index (χ2v) is 4.68. The summed E-state index contributed by atoms with van der Waals surface area (Å²) in [7, 11) is 2.09. The van der Waals surface area contributed by atoms with Crippen molar-refractivity contribution in [3.63, 3.8) is 0 Å². The molecule has 0 spiro atoms. The third-order valence-corrected chi connectivity index (χ3v) is 3.36. The summed E-state index contributed by atoms with van der Waals surface area (Å²) in [5.74, 6) is -0.690. The first kappa shape index (κ1) is 13.5. The Morgan fingerprint density at radius 3 is 2.94 bits per heavy atom. The summed E-state index contributed by atoms with van der Waals surface area (Å²) >= 11 is 0. The molecule has 0 aromatic heterocycles. The summed E-state index contributed by atoms with van der Waals surface area (Å²) in [5.41, 5.74) is 0. The Balaban J connectivity index is 2.17. The highest BCUT2D eigenvalue weighted by molar-refractivity contribution is 5.66. The van der Waals surface area contributed by atoms with E-state index in [1.165, 1.54) is 19.4 Å². The zero-order valence-corrected chi connectivity index (χ0v) is 10.5. The zero-order valence-electron chi connectivity index (χ0n) is 10.5. The maximum absolute atomic E-state index is 10.4. The van der Waals surface area contributed by atoms with Crippen LogP contribution >= 0.6 is 0 Å². The van der Waals surface area contributed by atoms with Crippen molar-refractivity contribution in [1.82, 2.24) is 9.80 Å². The normalized spacial score (nSPS) is 21.8. The van der Waals surface area contributed by atoms with Crippen molar-refractivity contribution < 1.29 is 9.90 Å². The Bertz CT molecular complexity index is 221. The Labute approximate surface area is 98.2 Å². The van der Waals surface area contributed by atoms with E-state index in [1.54, 1.807) is 0 Å². The molecule has 16 heavy (non-hydrogen) atoms. The molecule has 94 valence electrons. The van der Waals surface area contributed by atoms with E-state index in [-0.39, 0.29) is 6.42 Å². The topological polar surface area (TPSA) is 43.8 Å². The Morgan fingerprint density at radius 1 is 1.56 bits per heavy atom. The van der Waals surface area contributed by atoms with Gasteiger partial charge in [0.25, 0.3) is 0 Å². The molecule has 1 atom stereocenters. The van der Waals surface area contributed by atoms with Gasteiger partial charge >= 0.3 is 5.97 Å². The predicted octanol–water partition coefficient (Wildman–Crippen LogP) is 1.27. The molecular formula is C12H24N2O2. The SMILES string of the molecule is CCN1CCCC1CN(C)CCCC(=O)O. The molecule has 1 N–H and O–H groups in total. The van der Waals surface area contributed by atoms with E-state index in [4.69, 9.17) is 5.11 Å². The average Bonchev–Trinajstić information content (AvgIpc) is 2.64. The van der Waals surface area contributed by atoms with Crippen molar-refractivity contribution in [2.75, 3.05) is 33.2 Å². The van der Waals surface area contributed by atoms with E-state index in [1.807, 2.05) is 0 Å². The number of carboxylic acids is 1. The second-order valence-electron chi connectivity index (χ2n) is 4.68. The quantitative estimate of drug-likeness (QED) is 0.712. The van der Waals surface area contributed by atoms with E-state index in [9.17, 15) is 4.79 Å². The highest BCUT2D eigenvalue weighted by atomic mass is 16.4. The van der Waals surface area contributed by atoms with E-state index in [0.717, 1.165) is 26.1 Å². The van der Waals surface area contributed by atoms with E-state index in [2.05, 4.69) is 23.8 Å². The van der Waals surface area contributed by atoms with Crippen LogP contribution in [0.1, 0.15) is 32.6 Å². The number of likely N-dealkylation sites (N-methyl/N-ethyl adjacent to an activating group) is 2. The van der Waals surface area contributed by atoms with Gasteiger partial charge in [-0.25, -0.2) is 0 Å². The van der Waals surface area contributed by atoms with Crippen molar-refractivity contribution in [1.29, 1.82) is 0 Å². The fourth-order valence-electron chi connectivity index (χ4n) is 2.47. The molecule has 0 aromatic carbocycles. The Hall–Kier alpha value is -0.610. The van der Waals surface area contributed by atoms with Gasteiger partial charge in [-0.2, -0.15) is 0 Å². The maximum atomic E-state index is 10.4. The molecule has 1 aliphatic heterocycles. The van der Waals surface area contributed by atoms with Gasteiger partial charge in [0.2, 0.25) is 0 Å². The summed E-state index contributed by atoms with van der Waals surface area (Å²) < 4.78 is 0. The van der Waals surface area contributed by atoms with Crippen molar-refractivity contribution in [3.05, 3.63) is 0 Å². The van der Waals surface area contributed by atoms with Crippen LogP contribution in [0, 0.1) is 0 Å². The minimum absolute atomic E-state index is 0.284. The fourth-order valence-corrected chi connectivity index (χ4v) is 2.47. The number of hydrogen-bond donors (Lipinski definition) is 1. The third kappa shape index (κ3) is 4.49. The molecule has 0 aliphatic carbocycles. The first-order valence-electron chi connectivity index (χ1n) is 6.28. The number of carboxylic acid groups (broad SMARTS) is 1. The van der Waals surface area contributed by atoms with Crippen LogP contribution in [-0.4, -0.2) is 60.1 Å². The van der Waals surface area contributed by atoms with Gasteiger partial charge in [-0.15, -0.1) is 0 Å². The summed E-state index contributed by atoms with van der Waals surface area (Å²) in [5, 5.41) is 8.56. The number of likely N-dealkylation sites (tertiary alicyclic amines) is 1. The second kappa shape index (κ2) is 6.86. The maximum Gasteiger partial charge on any atom is 0.303 e. The molecule has 0 aromatic rings. The molecule has 1 aliphatic rings. The molecule has 0 radical (unpaired) electrons. The highest BCUT2D eigenvalue weighted by Crippen LogP contribution is 2.17. The third-order valence-electron chi connectivity index (χ3n) is 3.36. The predicted molar refractivity (Wildman–Crippen MR) is 64.6 cm³/mol. The molecule has 0 bridgehead atoms. The van der Waals surface area contributed by atoms with Gasteiger partial charge in [-0.05, 0) is 45.9 Å². The van der Waals surface area contributed by atoms with E-state index < -0.39 is 5.97 Å². The molecule has 4 nitrogen and oxygen atoms in total. The average molecular weight is 228 g/mol. The first-order valence-corrected chi connectivity index (χ1v) is 6.28. The molecular weight excluding hydrogens is 204 g/mol. The summed E-state index contributed by atoms with van der Waals surface area (Å²) in [6.45, 7) is 6.54. The first-order chi connectivity index (χ1) is 7.63. The molecule has 0 saturated carbocycles. The number of rotatable bonds is 7. The van der Waals surface area contributed by atoms with Crippen LogP contribution in [0.2, 0.25) is 0 Å². The van der Waals surface area contributed by atoms with Crippen LogP contribution in [-0.2, 0) is 4.79 Å². The lowest BCUT2D eigenvalue weighted by Crippen LogP contribution is -2.39. The van der Waals surface area contributed by atoms with Crippen LogP contribution < -0.4 is 0 Å². The number of carbonyl (C=O) groups is 1. The van der Waals surface area contributed by atoms with Crippen molar-refractivity contribution in [3.8, 4) is 0 Å². The minimum Gasteiger partial charge on any atom is -0.481 e. The van der Waals surface area contributed by atoms with Crippen LogP contribution in [0.15, 0.2) is 0 Å². The van der Waals surface area contributed by atoms with Gasteiger partial charge in [0.15, 0.2) is 0 Å². The summed E-state index contributed by atoms with van der Waals surface area (Å²) in [4.78, 5) is 15.2. The van der Waals surface area contributed by atoms with Gasteiger partial charge in [0.1, 0.15) is 0 Å².